The Morgan fingerprint density at radius 2 is 1.72 bits per heavy atom. The highest BCUT2D eigenvalue weighted by Crippen LogP contribution is 2.46. The van der Waals surface area contributed by atoms with Crippen LogP contribution in [-0.2, 0) is 14.8 Å². The van der Waals surface area contributed by atoms with Crippen molar-refractivity contribution < 1.29 is 13.2 Å². The van der Waals surface area contributed by atoms with Crippen molar-refractivity contribution in [1.82, 2.24) is 9.29 Å². The number of sulfonamides is 1. The topological polar surface area (TPSA) is 66.5 Å². The molecule has 0 spiro atoms. The molecule has 1 aliphatic rings. The minimum atomic E-state index is -3.58. The zero-order valence-corrected chi connectivity index (χ0v) is 18.0. The number of carbonyl (C=O) groups excluding carboxylic acids is 1. The Kier molecular flexibility index (Phi) is 5.27. The molecule has 1 amide bonds. The number of rotatable bonds is 3. The van der Waals surface area contributed by atoms with Gasteiger partial charge in [0.25, 0.3) is 0 Å². The molecule has 1 fully saturated rings. The Balaban J connectivity index is 2.52. The molecule has 8 heteroatoms. The van der Waals surface area contributed by atoms with E-state index >= 15 is 0 Å². The number of benzene rings is 1. The van der Waals surface area contributed by atoms with Gasteiger partial charge in [-0.3, -0.25) is 4.79 Å². The lowest BCUT2D eigenvalue weighted by molar-refractivity contribution is -0.117. The largest absolute Gasteiger partial charge is 0.325 e. The monoisotopic (exact) mass is 400 g/mol. The van der Waals surface area contributed by atoms with Gasteiger partial charge < -0.3 is 5.32 Å². The number of amides is 1. The fourth-order valence-electron chi connectivity index (χ4n) is 2.54. The van der Waals surface area contributed by atoms with Crippen LogP contribution in [0.2, 0.25) is 23.2 Å². The number of carbonyl (C=O) groups is 1. The Hall–Kier alpha value is -1.15. The molecule has 0 radical (unpaired) electrons. The molecule has 0 aromatic heterocycles. The summed E-state index contributed by atoms with van der Waals surface area (Å²) in [5.74, 6) is -0.307. The van der Waals surface area contributed by atoms with Crippen LogP contribution < -0.4 is 5.32 Å². The predicted octanol–water partition coefficient (Wildman–Crippen LogP) is 3.80. The van der Waals surface area contributed by atoms with Gasteiger partial charge in [-0.05, 0) is 22.7 Å². The van der Waals surface area contributed by atoms with Crippen molar-refractivity contribution in [1.29, 1.82) is 0 Å². The molecule has 1 saturated heterocycles. The average Bonchev–Trinajstić information content (AvgIpc) is 2.44. The lowest BCUT2D eigenvalue weighted by atomic mass is 10.1. The van der Waals surface area contributed by atoms with E-state index in [-0.39, 0.29) is 15.9 Å². The maximum absolute atomic E-state index is 13.0. The van der Waals surface area contributed by atoms with Gasteiger partial charge in [0.05, 0.1) is 10.6 Å². The van der Waals surface area contributed by atoms with Gasteiger partial charge in [-0.2, -0.15) is 0 Å². The van der Waals surface area contributed by atoms with Gasteiger partial charge >= 0.3 is 0 Å². The fourth-order valence-corrected chi connectivity index (χ4v) is 8.71. The number of halogens is 1. The number of hydrogen-bond donors (Lipinski definition) is 1. The van der Waals surface area contributed by atoms with Crippen molar-refractivity contribution >= 4 is 41.5 Å². The van der Waals surface area contributed by atoms with E-state index < -0.39 is 18.3 Å². The van der Waals surface area contributed by atoms with Crippen LogP contribution in [0.25, 0.3) is 5.70 Å². The van der Waals surface area contributed by atoms with Crippen molar-refractivity contribution in [2.45, 2.75) is 45.8 Å². The van der Waals surface area contributed by atoms with E-state index in [1.54, 1.807) is 28.2 Å². The van der Waals surface area contributed by atoms with Gasteiger partial charge in [-0.25, -0.2) is 12.4 Å². The van der Waals surface area contributed by atoms with Gasteiger partial charge in [0, 0.05) is 18.5 Å². The third-order valence-corrected chi connectivity index (χ3v) is 14.1. The molecule has 25 heavy (non-hydrogen) atoms. The maximum atomic E-state index is 13.0. The fraction of sp³-hybridized carbons (Fsp3) is 0.471. The van der Waals surface area contributed by atoms with Crippen LogP contribution in [0, 0.1) is 0 Å². The highest BCUT2D eigenvalue weighted by Gasteiger charge is 2.54. The molecule has 0 aliphatic carbocycles. The highest BCUT2D eigenvalue weighted by atomic mass is 35.5. The highest BCUT2D eigenvalue weighted by molar-refractivity contribution is 7.96. The summed E-state index contributed by atoms with van der Waals surface area (Å²) < 4.78 is 27.7. The third kappa shape index (κ3) is 3.69. The average molecular weight is 401 g/mol. The lowest BCUT2D eigenvalue weighted by Crippen LogP contribution is -2.64. The predicted molar refractivity (Wildman–Crippen MR) is 105 cm³/mol. The SMILES string of the molecule is CC(=O)N/C(=C1\CN([Si](C)(C)C(C)(C)C)S1(=O)=O)c1ccc(Cl)cc1. The Labute approximate surface area is 156 Å². The van der Waals surface area contributed by atoms with Crippen LogP contribution in [0.15, 0.2) is 29.2 Å². The van der Waals surface area contributed by atoms with Crippen LogP contribution >= 0.6 is 11.6 Å². The second kappa shape index (κ2) is 6.54. The van der Waals surface area contributed by atoms with Gasteiger partial charge in [0.2, 0.25) is 15.9 Å². The molecule has 1 aromatic rings. The van der Waals surface area contributed by atoms with Crippen LogP contribution in [0.1, 0.15) is 33.3 Å². The molecule has 0 unspecified atom stereocenters. The molecule has 138 valence electrons. The van der Waals surface area contributed by atoms with E-state index in [9.17, 15) is 13.2 Å². The van der Waals surface area contributed by atoms with Crippen molar-refractivity contribution in [3.63, 3.8) is 0 Å². The first-order valence-corrected chi connectivity index (χ1v) is 12.8. The van der Waals surface area contributed by atoms with E-state index in [0.717, 1.165) is 0 Å². The lowest BCUT2D eigenvalue weighted by Gasteiger charge is -2.50. The summed E-state index contributed by atoms with van der Waals surface area (Å²) in [5.41, 5.74) is 0.979. The summed E-state index contributed by atoms with van der Waals surface area (Å²) in [6, 6.07) is 6.78. The van der Waals surface area contributed by atoms with E-state index in [1.165, 1.54) is 6.92 Å². The molecule has 0 bridgehead atoms. The molecule has 1 N–H and O–H groups in total. The summed E-state index contributed by atoms with van der Waals surface area (Å²) >= 11 is 5.91. The van der Waals surface area contributed by atoms with Crippen molar-refractivity contribution in [3.05, 3.63) is 39.8 Å². The zero-order valence-electron chi connectivity index (χ0n) is 15.5. The van der Waals surface area contributed by atoms with E-state index in [0.29, 0.717) is 22.8 Å². The van der Waals surface area contributed by atoms with Crippen LogP contribution in [0.4, 0.5) is 0 Å². The van der Waals surface area contributed by atoms with Gasteiger partial charge in [-0.1, -0.05) is 57.6 Å². The second-order valence-corrected chi connectivity index (χ2v) is 15.6. The first-order chi connectivity index (χ1) is 11.3. The van der Waals surface area contributed by atoms with Crippen LogP contribution in [0.5, 0.6) is 0 Å². The minimum absolute atomic E-state index is 0.0972. The van der Waals surface area contributed by atoms with E-state index in [2.05, 4.69) is 39.2 Å². The molecule has 5 nitrogen and oxygen atoms in total. The van der Waals surface area contributed by atoms with Gasteiger partial charge in [0.1, 0.15) is 8.24 Å². The zero-order chi connectivity index (χ0) is 19.2. The molecule has 0 atom stereocenters. The summed E-state index contributed by atoms with van der Waals surface area (Å²) in [5, 5.41) is 3.15. The quantitative estimate of drug-likeness (QED) is 0.784. The molecule has 0 saturated carbocycles. The summed E-state index contributed by atoms with van der Waals surface area (Å²) in [7, 11) is -5.80. The summed E-state index contributed by atoms with van der Waals surface area (Å²) in [4.78, 5) is 11.9. The van der Waals surface area contributed by atoms with Crippen LogP contribution in [0.3, 0.4) is 0 Å². The van der Waals surface area contributed by atoms with E-state index in [4.69, 9.17) is 11.6 Å². The number of nitrogens with one attached hydrogen (secondary N) is 1. The Morgan fingerprint density at radius 1 is 1.20 bits per heavy atom. The van der Waals surface area contributed by atoms with Crippen LogP contribution in [-0.4, -0.2) is 33.1 Å². The Morgan fingerprint density at radius 3 is 2.12 bits per heavy atom. The molecule has 2 rings (SSSR count). The number of hydrogen-bond acceptors (Lipinski definition) is 3. The van der Waals surface area contributed by atoms with E-state index in [1.807, 2.05) is 0 Å². The van der Waals surface area contributed by atoms with Gasteiger partial charge in [0.15, 0.2) is 0 Å². The standard InChI is InChI=1S/C17H25ClN2O3SSi/c1-12(21)19-16(13-7-9-14(18)10-8-13)15-11-20(24(15,22)23)25(5,6)17(2,3)4/h7-10H,11H2,1-6H3,(H,19,21)/b16-15+. The molecule has 1 heterocycles. The van der Waals surface area contributed by atoms with Crippen molar-refractivity contribution in [2.24, 2.45) is 0 Å². The summed E-state index contributed by atoms with van der Waals surface area (Å²) in [6.45, 7) is 12.0. The van der Waals surface area contributed by atoms with Crippen molar-refractivity contribution in [2.75, 3.05) is 6.54 Å². The van der Waals surface area contributed by atoms with Crippen molar-refractivity contribution in [3.8, 4) is 0 Å². The Bertz CT molecular complexity index is 824. The molecule has 1 aliphatic heterocycles. The summed E-state index contributed by atoms with van der Waals surface area (Å²) in [6.07, 6.45) is 0. The molecule has 1 aromatic carbocycles. The van der Waals surface area contributed by atoms with Gasteiger partial charge in [-0.15, -0.1) is 0 Å². The first-order valence-electron chi connectivity index (χ1n) is 8.08. The third-order valence-electron chi connectivity index (χ3n) is 5.06. The number of nitrogens with zero attached hydrogens (tertiary/aromatic N) is 1. The minimum Gasteiger partial charge on any atom is -0.325 e. The first kappa shape index (κ1) is 20.2. The second-order valence-electron chi connectivity index (χ2n) is 7.81. The molecular formula is C17H25ClN2O3SSi. The maximum Gasteiger partial charge on any atom is 0.237 e. The molecular weight excluding hydrogens is 376 g/mol. The smallest absolute Gasteiger partial charge is 0.237 e. The normalized spacial score (nSPS) is 20.0.